The van der Waals surface area contributed by atoms with Crippen LogP contribution in [0.4, 0.5) is 5.69 Å². The second kappa shape index (κ2) is 16.5. The van der Waals surface area contributed by atoms with E-state index in [-0.39, 0.29) is 5.92 Å². The lowest BCUT2D eigenvalue weighted by Gasteiger charge is -2.26. The van der Waals surface area contributed by atoms with Gasteiger partial charge in [0.1, 0.15) is 17.3 Å². The Hall–Kier alpha value is -4.90. The van der Waals surface area contributed by atoms with Crippen molar-refractivity contribution >= 4 is 28.5 Å². The third-order valence-corrected chi connectivity index (χ3v) is 12.9. The smallest absolute Gasteiger partial charge is 0.134 e. The van der Waals surface area contributed by atoms with Crippen LogP contribution in [0.3, 0.4) is 0 Å². The van der Waals surface area contributed by atoms with Crippen LogP contribution in [0.2, 0.25) is 0 Å². The molecule has 2 atom stereocenters. The normalized spacial score (nSPS) is 19.5. The second-order valence-corrected chi connectivity index (χ2v) is 16.5. The van der Waals surface area contributed by atoms with Gasteiger partial charge in [0.05, 0.1) is 6.61 Å². The standard InChI is InChI=1S/C50H56N2O3/c1-33-28-49-50(35(33)3)46(38-10-5-4-6-11-38)32-41(48-25-14-34(2)52(48)49)30-43(54)20-15-36-16-23-44(24-17-36)55-27-8-7-26-51-47-13-9-12-39-29-40(31-45(39)47)37-18-21-42(53)22-19-37/h4-6,9-14,16-17,23-25,32,37,40-41,51H,7-8,15,18-22,26-31H2,1-3H3. The fraction of sp³-hybridized carbons (Fsp3) is 0.400. The maximum Gasteiger partial charge on any atom is 0.134 e. The molecule has 0 radical (unpaired) electrons. The van der Waals surface area contributed by atoms with E-state index >= 15 is 0 Å². The number of carbonyl (C=O) groups is 2. The van der Waals surface area contributed by atoms with E-state index in [0.717, 1.165) is 82.1 Å². The van der Waals surface area contributed by atoms with Crippen LogP contribution >= 0.6 is 0 Å². The highest BCUT2D eigenvalue weighted by molar-refractivity contribution is 5.94. The van der Waals surface area contributed by atoms with Crippen molar-refractivity contribution < 1.29 is 14.3 Å². The lowest BCUT2D eigenvalue weighted by atomic mass is 9.78. The molecule has 4 aromatic rings. The van der Waals surface area contributed by atoms with E-state index in [1.807, 2.05) is 12.1 Å². The largest absolute Gasteiger partial charge is 0.494 e. The number of benzene rings is 3. The van der Waals surface area contributed by atoms with Gasteiger partial charge in [0.25, 0.3) is 0 Å². The topological polar surface area (TPSA) is 60.3 Å². The highest BCUT2D eigenvalue weighted by Gasteiger charge is 2.33. The van der Waals surface area contributed by atoms with Gasteiger partial charge in [-0.15, -0.1) is 0 Å². The first kappa shape index (κ1) is 37.0. The van der Waals surface area contributed by atoms with Gasteiger partial charge in [0.2, 0.25) is 0 Å². The van der Waals surface area contributed by atoms with Crippen molar-refractivity contribution in [2.75, 3.05) is 18.5 Å². The Kier molecular flexibility index (Phi) is 11.1. The molecule has 0 spiro atoms. The number of hydrogen-bond acceptors (Lipinski definition) is 4. The van der Waals surface area contributed by atoms with Crippen molar-refractivity contribution in [1.82, 2.24) is 4.57 Å². The second-order valence-electron chi connectivity index (χ2n) is 16.5. The van der Waals surface area contributed by atoms with Crippen molar-refractivity contribution in [3.05, 3.63) is 141 Å². The number of Topliss-reactive ketones (excluding diaryl/α,β-unsaturated/α-hetero) is 2. The molecule has 8 rings (SSSR count). The van der Waals surface area contributed by atoms with Crippen molar-refractivity contribution in [2.24, 2.45) is 11.8 Å². The summed E-state index contributed by atoms with van der Waals surface area (Å²) in [6.07, 6.45) is 13.1. The SMILES string of the molecule is CC1=C(C)C2=C(C1)n1c(C)ccc1C(CC(=O)CCc1ccc(OCCCCNc3cccc4c3CC(C3CCC(=O)CC3)C4)cc1)C=C2c1ccccc1. The molecule has 0 bridgehead atoms. The molecule has 0 saturated heterocycles. The molecule has 1 fully saturated rings. The fourth-order valence-electron chi connectivity index (χ4n) is 9.70. The minimum Gasteiger partial charge on any atom is -0.494 e. The summed E-state index contributed by atoms with van der Waals surface area (Å²) in [5.41, 5.74) is 15.8. The number of ketones is 2. The summed E-state index contributed by atoms with van der Waals surface area (Å²) in [6, 6.07) is 30.1. The van der Waals surface area contributed by atoms with Crippen LogP contribution in [-0.2, 0) is 28.9 Å². The van der Waals surface area contributed by atoms with Crippen LogP contribution in [0.1, 0.15) is 111 Å². The van der Waals surface area contributed by atoms with Gasteiger partial charge >= 0.3 is 0 Å². The van der Waals surface area contributed by atoms with E-state index in [0.29, 0.717) is 42.9 Å². The molecule has 3 aromatic carbocycles. The minimum atomic E-state index is 0.0159. The van der Waals surface area contributed by atoms with E-state index in [1.165, 1.54) is 61.8 Å². The predicted molar refractivity (Wildman–Crippen MR) is 224 cm³/mol. The van der Waals surface area contributed by atoms with Crippen LogP contribution in [0.25, 0.3) is 11.3 Å². The number of carbonyl (C=O) groups excluding carboxylic acids is 2. The number of fused-ring (bicyclic) bond motifs is 3. The van der Waals surface area contributed by atoms with Gasteiger partial charge in [0, 0.05) is 72.9 Å². The number of nitrogens with one attached hydrogen (secondary N) is 1. The third kappa shape index (κ3) is 8.08. The van der Waals surface area contributed by atoms with Crippen molar-refractivity contribution in [2.45, 2.75) is 104 Å². The Morgan fingerprint density at radius 1 is 0.855 bits per heavy atom. The number of unbranched alkanes of at least 4 members (excludes halogenated alkanes) is 1. The Balaban J connectivity index is 0.806. The average molecular weight is 733 g/mol. The maximum atomic E-state index is 13.6. The number of aryl methyl sites for hydroxylation is 2. The van der Waals surface area contributed by atoms with Crippen molar-refractivity contribution in [1.29, 1.82) is 0 Å². The van der Waals surface area contributed by atoms with E-state index in [4.69, 9.17) is 4.74 Å². The molecule has 2 heterocycles. The van der Waals surface area contributed by atoms with Gasteiger partial charge in [-0.05, 0) is 141 Å². The molecule has 1 aliphatic heterocycles. The molecular formula is C50H56N2O3. The number of rotatable bonds is 14. The van der Waals surface area contributed by atoms with Gasteiger partial charge in [-0.3, -0.25) is 9.59 Å². The third-order valence-electron chi connectivity index (χ3n) is 12.9. The Bertz CT molecular complexity index is 2140. The van der Waals surface area contributed by atoms with Crippen LogP contribution < -0.4 is 10.1 Å². The fourth-order valence-corrected chi connectivity index (χ4v) is 9.70. The summed E-state index contributed by atoms with van der Waals surface area (Å²) in [5, 5.41) is 3.72. The summed E-state index contributed by atoms with van der Waals surface area (Å²) >= 11 is 0. The van der Waals surface area contributed by atoms with Crippen molar-refractivity contribution in [3.63, 3.8) is 0 Å². The molecule has 284 valence electrons. The molecule has 2 unspecified atom stereocenters. The van der Waals surface area contributed by atoms with Crippen LogP contribution in [-0.4, -0.2) is 29.3 Å². The molecule has 5 nitrogen and oxygen atoms in total. The summed E-state index contributed by atoms with van der Waals surface area (Å²) in [6.45, 7) is 8.30. The summed E-state index contributed by atoms with van der Waals surface area (Å²) < 4.78 is 8.54. The first-order valence-electron chi connectivity index (χ1n) is 20.8. The highest BCUT2D eigenvalue weighted by atomic mass is 16.5. The molecule has 1 N–H and O–H groups in total. The number of nitrogens with zero attached hydrogens (tertiary/aromatic N) is 1. The zero-order chi connectivity index (χ0) is 37.9. The number of hydrogen-bond donors (Lipinski definition) is 1. The average Bonchev–Trinajstić information content (AvgIpc) is 3.87. The van der Waals surface area contributed by atoms with E-state index in [1.54, 1.807) is 0 Å². The Morgan fingerprint density at radius 2 is 1.65 bits per heavy atom. The zero-order valence-corrected chi connectivity index (χ0v) is 33.0. The monoisotopic (exact) mass is 732 g/mol. The van der Waals surface area contributed by atoms with E-state index in [9.17, 15) is 9.59 Å². The summed E-state index contributed by atoms with van der Waals surface area (Å²) in [7, 11) is 0. The first-order valence-corrected chi connectivity index (χ1v) is 20.8. The number of aromatic nitrogens is 1. The van der Waals surface area contributed by atoms with Crippen LogP contribution in [0.5, 0.6) is 5.75 Å². The quantitative estimate of drug-likeness (QED) is 0.131. The van der Waals surface area contributed by atoms with Crippen LogP contribution in [0, 0.1) is 18.8 Å². The molecule has 1 saturated carbocycles. The molecule has 0 amide bonds. The van der Waals surface area contributed by atoms with E-state index < -0.39 is 0 Å². The van der Waals surface area contributed by atoms with Gasteiger partial charge < -0.3 is 14.6 Å². The lowest BCUT2D eigenvalue weighted by molar-refractivity contribution is -0.121. The number of allylic oxidation sites excluding steroid dienone is 6. The molecular weight excluding hydrogens is 677 g/mol. The summed E-state index contributed by atoms with van der Waals surface area (Å²) in [4.78, 5) is 25.4. The Morgan fingerprint density at radius 3 is 2.45 bits per heavy atom. The van der Waals surface area contributed by atoms with Crippen molar-refractivity contribution in [3.8, 4) is 5.75 Å². The Labute approximate surface area is 327 Å². The van der Waals surface area contributed by atoms with Gasteiger partial charge in [-0.25, -0.2) is 0 Å². The first-order chi connectivity index (χ1) is 26.8. The maximum absolute atomic E-state index is 13.6. The molecule has 3 aliphatic carbocycles. The predicted octanol–water partition coefficient (Wildman–Crippen LogP) is 11.3. The molecule has 1 aromatic heterocycles. The molecule has 55 heavy (non-hydrogen) atoms. The van der Waals surface area contributed by atoms with Gasteiger partial charge in [-0.1, -0.05) is 66.2 Å². The molecule has 4 aliphatic rings. The van der Waals surface area contributed by atoms with E-state index in [2.05, 4.69) is 110 Å². The number of anilines is 1. The summed E-state index contributed by atoms with van der Waals surface area (Å²) in [5.74, 6) is 3.02. The van der Waals surface area contributed by atoms with Gasteiger partial charge in [0.15, 0.2) is 0 Å². The highest BCUT2D eigenvalue weighted by Crippen LogP contribution is 2.48. The van der Waals surface area contributed by atoms with Crippen LogP contribution in [0.15, 0.2) is 108 Å². The lowest BCUT2D eigenvalue weighted by Crippen LogP contribution is -2.22. The minimum absolute atomic E-state index is 0.0159. The zero-order valence-electron chi connectivity index (χ0n) is 33.0. The molecule has 5 heteroatoms. The number of ether oxygens (including phenoxy) is 1. The van der Waals surface area contributed by atoms with Gasteiger partial charge in [-0.2, -0.15) is 0 Å².